The third kappa shape index (κ3) is 2.67. The predicted octanol–water partition coefficient (Wildman–Crippen LogP) is 4.36. The fraction of sp³-hybridized carbons (Fsp3) is 0.0769. The van der Waals surface area contributed by atoms with E-state index in [4.69, 9.17) is 5.11 Å². The van der Waals surface area contributed by atoms with Crippen molar-refractivity contribution in [2.45, 2.75) is 6.18 Å². The number of hydrogen-bond donors (Lipinski definition) is 1. The standard InChI is InChI=1S/C13H7F5O/c14-10-5-8(6-11(19)12(10)15)7-1-3-9(4-2-7)13(16,17)18/h1-6,19H. The molecule has 0 aliphatic heterocycles. The number of hydrogen-bond acceptors (Lipinski definition) is 1. The van der Waals surface area contributed by atoms with Crippen molar-refractivity contribution in [3.8, 4) is 16.9 Å². The first-order valence-electron chi connectivity index (χ1n) is 5.14. The van der Waals surface area contributed by atoms with Crippen LogP contribution in [-0.4, -0.2) is 5.11 Å². The SMILES string of the molecule is Oc1cc(-c2ccc(C(F)(F)F)cc2)cc(F)c1F. The van der Waals surface area contributed by atoms with Crippen molar-refractivity contribution < 1.29 is 27.1 Å². The molecule has 0 saturated carbocycles. The van der Waals surface area contributed by atoms with E-state index in [1.807, 2.05) is 0 Å². The topological polar surface area (TPSA) is 20.2 Å². The molecule has 1 N–H and O–H groups in total. The Kier molecular flexibility index (Phi) is 3.18. The van der Waals surface area contributed by atoms with Crippen molar-refractivity contribution >= 4 is 0 Å². The van der Waals surface area contributed by atoms with Crippen LogP contribution in [0.2, 0.25) is 0 Å². The zero-order chi connectivity index (χ0) is 14.2. The second kappa shape index (κ2) is 4.53. The van der Waals surface area contributed by atoms with E-state index < -0.39 is 29.1 Å². The minimum Gasteiger partial charge on any atom is -0.505 e. The van der Waals surface area contributed by atoms with Crippen LogP contribution in [0, 0.1) is 11.6 Å². The van der Waals surface area contributed by atoms with Crippen molar-refractivity contribution in [1.29, 1.82) is 0 Å². The molecule has 0 radical (unpaired) electrons. The van der Waals surface area contributed by atoms with Gasteiger partial charge in [0.05, 0.1) is 5.56 Å². The highest BCUT2D eigenvalue weighted by Crippen LogP contribution is 2.32. The van der Waals surface area contributed by atoms with Crippen LogP contribution >= 0.6 is 0 Å². The first-order chi connectivity index (χ1) is 8.79. The molecule has 2 rings (SSSR count). The number of rotatable bonds is 1. The molecule has 19 heavy (non-hydrogen) atoms. The molecule has 2 aromatic rings. The van der Waals surface area contributed by atoms with E-state index in [1.165, 1.54) is 0 Å². The van der Waals surface area contributed by atoms with Gasteiger partial charge in [-0.1, -0.05) is 12.1 Å². The zero-order valence-corrected chi connectivity index (χ0v) is 9.30. The summed E-state index contributed by atoms with van der Waals surface area (Å²) < 4.78 is 63.0. The highest BCUT2D eigenvalue weighted by molar-refractivity contribution is 5.65. The molecule has 0 atom stereocenters. The second-order valence-corrected chi connectivity index (χ2v) is 3.87. The lowest BCUT2D eigenvalue weighted by molar-refractivity contribution is -0.137. The van der Waals surface area contributed by atoms with Gasteiger partial charge in [-0.15, -0.1) is 0 Å². The van der Waals surface area contributed by atoms with Crippen LogP contribution in [0.15, 0.2) is 36.4 Å². The van der Waals surface area contributed by atoms with Gasteiger partial charge in [0, 0.05) is 0 Å². The number of aromatic hydroxyl groups is 1. The van der Waals surface area contributed by atoms with E-state index in [9.17, 15) is 22.0 Å². The van der Waals surface area contributed by atoms with Gasteiger partial charge in [0.1, 0.15) is 0 Å². The summed E-state index contributed by atoms with van der Waals surface area (Å²) in [6.45, 7) is 0. The van der Waals surface area contributed by atoms with Crippen LogP contribution in [0.25, 0.3) is 11.1 Å². The Balaban J connectivity index is 2.43. The summed E-state index contributed by atoms with van der Waals surface area (Å²) in [4.78, 5) is 0. The van der Waals surface area contributed by atoms with Crippen LogP contribution in [0.5, 0.6) is 5.75 Å². The van der Waals surface area contributed by atoms with E-state index >= 15 is 0 Å². The van der Waals surface area contributed by atoms with Gasteiger partial charge < -0.3 is 5.11 Å². The van der Waals surface area contributed by atoms with Crippen LogP contribution in [0.1, 0.15) is 5.56 Å². The van der Waals surface area contributed by atoms with Crippen LogP contribution < -0.4 is 0 Å². The maximum absolute atomic E-state index is 13.1. The Bertz CT molecular complexity index is 578. The fourth-order valence-corrected chi connectivity index (χ4v) is 1.59. The lowest BCUT2D eigenvalue weighted by Gasteiger charge is -2.08. The molecule has 100 valence electrons. The fourth-order valence-electron chi connectivity index (χ4n) is 1.59. The highest BCUT2D eigenvalue weighted by Gasteiger charge is 2.30. The Morgan fingerprint density at radius 2 is 1.42 bits per heavy atom. The summed E-state index contributed by atoms with van der Waals surface area (Å²) in [5.41, 5.74) is -0.518. The lowest BCUT2D eigenvalue weighted by atomic mass is 10.0. The monoisotopic (exact) mass is 274 g/mol. The van der Waals surface area contributed by atoms with Crippen molar-refractivity contribution in [3.63, 3.8) is 0 Å². The van der Waals surface area contributed by atoms with Crippen molar-refractivity contribution in [1.82, 2.24) is 0 Å². The molecular weight excluding hydrogens is 267 g/mol. The highest BCUT2D eigenvalue weighted by atomic mass is 19.4. The second-order valence-electron chi connectivity index (χ2n) is 3.87. The van der Waals surface area contributed by atoms with Crippen LogP contribution in [-0.2, 0) is 6.18 Å². The quantitative estimate of drug-likeness (QED) is 0.766. The minimum atomic E-state index is -4.46. The molecule has 0 spiro atoms. The number of benzene rings is 2. The molecule has 0 aromatic heterocycles. The van der Waals surface area contributed by atoms with Gasteiger partial charge in [-0.05, 0) is 35.4 Å². The maximum Gasteiger partial charge on any atom is 0.416 e. The minimum absolute atomic E-state index is 0.0881. The third-order valence-corrected chi connectivity index (χ3v) is 2.55. The smallest absolute Gasteiger partial charge is 0.416 e. The average Bonchev–Trinajstić information content (AvgIpc) is 2.34. The summed E-state index contributed by atoms with van der Waals surface area (Å²) in [7, 11) is 0. The summed E-state index contributed by atoms with van der Waals surface area (Å²) in [5.74, 6) is -3.56. The molecule has 1 nitrogen and oxygen atoms in total. The van der Waals surface area contributed by atoms with E-state index in [1.54, 1.807) is 0 Å². The number of phenolic OH excluding ortho intramolecular Hbond substituents is 1. The molecular formula is C13H7F5O. The molecule has 0 heterocycles. The van der Waals surface area contributed by atoms with Gasteiger partial charge >= 0.3 is 6.18 Å². The average molecular weight is 274 g/mol. The van der Waals surface area contributed by atoms with E-state index in [0.29, 0.717) is 0 Å². The van der Waals surface area contributed by atoms with Crippen molar-refractivity contribution in [2.75, 3.05) is 0 Å². The van der Waals surface area contributed by atoms with Gasteiger partial charge in [0.25, 0.3) is 0 Å². The van der Waals surface area contributed by atoms with Gasteiger partial charge in [0.15, 0.2) is 17.4 Å². The summed E-state index contributed by atoms with van der Waals surface area (Å²) in [6, 6.07) is 5.64. The van der Waals surface area contributed by atoms with Crippen LogP contribution in [0.4, 0.5) is 22.0 Å². The predicted molar refractivity (Wildman–Crippen MR) is 58.5 cm³/mol. The number of alkyl halides is 3. The summed E-state index contributed by atoms with van der Waals surface area (Å²) >= 11 is 0. The summed E-state index contributed by atoms with van der Waals surface area (Å²) in [6.07, 6.45) is -4.46. The maximum atomic E-state index is 13.1. The molecule has 0 fully saturated rings. The van der Waals surface area contributed by atoms with Crippen molar-refractivity contribution in [2.24, 2.45) is 0 Å². The molecule has 0 amide bonds. The van der Waals surface area contributed by atoms with Crippen LogP contribution in [0.3, 0.4) is 0 Å². The molecule has 2 aromatic carbocycles. The molecule has 0 unspecified atom stereocenters. The lowest BCUT2D eigenvalue weighted by Crippen LogP contribution is -2.04. The number of phenols is 1. The van der Waals surface area contributed by atoms with E-state index in [-0.39, 0.29) is 11.1 Å². The van der Waals surface area contributed by atoms with Gasteiger partial charge in [-0.25, -0.2) is 4.39 Å². The normalized spacial score (nSPS) is 11.6. The number of halogens is 5. The van der Waals surface area contributed by atoms with Gasteiger partial charge in [-0.2, -0.15) is 17.6 Å². The molecule has 0 saturated heterocycles. The Hall–Kier alpha value is -2.11. The third-order valence-electron chi connectivity index (χ3n) is 2.55. The summed E-state index contributed by atoms with van der Waals surface area (Å²) in [5, 5.41) is 9.13. The van der Waals surface area contributed by atoms with Gasteiger partial charge in [0.2, 0.25) is 0 Å². The Morgan fingerprint density at radius 1 is 0.842 bits per heavy atom. The van der Waals surface area contributed by atoms with E-state index in [2.05, 4.69) is 0 Å². The molecule has 6 heteroatoms. The molecule has 0 aliphatic rings. The van der Waals surface area contributed by atoms with E-state index in [0.717, 1.165) is 36.4 Å². The van der Waals surface area contributed by atoms with Crippen molar-refractivity contribution in [3.05, 3.63) is 53.6 Å². The zero-order valence-electron chi connectivity index (χ0n) is 9.30. The molecule has 0 bridgehead atoms. The first-order valence-corrected chi connectivity index (χ1v) is 5.14. The Morgan fingerprint density at radius 3 is 1.89 bits per heavy atom. The molecule has 0 aliphatic carbocycles. The van der Waals surface area contributed by atoms with Gasteiger partial charge in [-0.3, -0.25) is 0 Å². The Labute approximate surface area is 104 Å². The first kappa shape index (κ1) is 13.3. The largest absolute Gasteiger partial charge is 0.505 e.